The van der Waals surface area contributed by atoms with Gasteiger partial charge in [0.1, 0.15) is 0 Å². The van der Waals surface area contributed by atoms with Gasteiger partial charge in [-0.1, -0.05) is 12.1 Å². The van der Waals surface area contributed by atoms with Gasteiger partial charge in [0, 0.05) is 6.54 Å². The first-order chi connectivity index (χ1) is 5.34. The quantitative estimate of drug-likeness (QED) is 0.681. The summed E-state index contributed by atoms with van der Waals surface area (Å²) in [6.07, 6.45) is 1.66. The molecule has 0 aliphatic heterocycles. The molecule has 0 radical (unpaired) electrons. The van der Waals surface area contributed by atoms with E-state index in [2.05, 4.69) is 11.9 Å². The van der Waals surface area contributed by atoms with E-state index in [4.69, 9.17) is 0 Å². The Balaban J connectivity index is 2.49. The van der Waals surface area contributed by atoms with Crippen LogP contribution in [0.5, 0.6) is 0 Å². The Morgan fingerprint density at radius 1 is 1.82 bits per heavy atom. The van der Waals surface area contributed by atoms with Gasteiger partial charge in [-0.15, -0.1) is 17.9 Å². The molecule has 0 aromatic carbocycles. The minimum Gasteiger partial charge on any atom is -0.348 e. The number of hydrogen-bond donors (Lipinski definition) is 1. The van der Waals surface area contributed by atoms with Crippen LogP contribution in [0.2, 0.25) is 0 Å². The van der Waals surface area contributed by atoms with Crippen LogP contribution < -0.4 is 5.32 Å². The van der Waals surface area contributed by atoms with Crippen molar-refractivity contribution in [2.24, 2.45) is 0 Å². The second-order valence-electron chi connectivity index (χ2n) is 1.98. The van der Waals surface area contributed by atoms with E-state index in [1.807, 2.05) is 11.4 Å². The summed E-state index contributed by atoms with van der Waals surface area (Å²) in [6.45, 7) is 4.03. The van der Waals surface area contributed by atoms with Gasteiger partial charge in [-0.05, 0) is 11.4 Å². The van der Waals surface area contributed by atoms with E-state index >= 15 is 0 Å². The molecule has 1 aromatic heterocycles. The molecule has 0 aliphatic rings. The SMILES string of the molecule is C=CCNC(=O)c1cccs1. The summed E-state index contributed by atoms with van der Waals surface area (Å²) < 4.78 is 0. The molecule has 3 heteroatoms. The zero-order chi connectivity index (χ0) is 8.10. The zero-order valence-corrected chi connectivity index (χ0v) is 6.86. The average molecular weight is 167 g/mol. The Morgan fingerprint density at radius 2 is 2.64 bits per heavy atom. The van der Waals surface area contributed by atoms with Gasteiger partial charge in [0.25, 0.3) is 5.91 Å². The topological polar surface area (TPSA) is 29.1 Å². The van der Waals surface area contributed by atoms with Crippen molar-refractivity contribution in [1.82, 2.24) is 5.32 Å². The maximum atomic E-state index is 11.1. The van der Waals surface area contributed by atoms with Gasteiger partial charge in [-0.2, -0.15) is 0 Å². The molecule has 0 bridgehead atoms. The van der Waals surface area contributed by atoms with Crippen LogP contribution >= 0.6 is 11.3 Å². The lowest BCUT2D eigenvalue weighted by molar-refractivity contribution is 0.0962. The van der Waals surface area contributed by atoms with Crippen LogP contribution in [-0.4, -0.2) is 12.5 Å². The zero-order valence-electron chi connectivity index (χ0n) is 6.04. The number of nitrogens with one attached hydrogen (secondary N) is 1. The smallest absolute Gasteiger partial charge is 0.261 e. The highest BCUT2D eigenvalue weighted by Crippen LogP contribution is 2.07. The van der Waals surface area contributed by atoms with Crippen molar-refractivity contribution in [1.29, 1.82) is 0 Å². The molecule has 1 rings (SSSR count). The summed E-state index contributed by atoms with van der Waals surface area (Å²) >= 11 is 1.44. The van der Waals surface area contributed by atoms with Crippen molar-refractivity contribution in [2.45, 2.75) is 0 Å². The van der Waals surface area contributed by atoms with Gasteiger partial charge < -0.3 is 5.32 Å². The van der Waals surface area contributed by atoms with E-state index in [1.54, 1.807) is 12.1 Å². The van der Waals surface area contributed by atoms with Crippen LogP contribution in [0.4, 0.5) is 0 Å². The summed E-state index contributed by atoms with van der Waals surface area (Å²) in [5.74, 6) is -0.0279. The van der Waals surface area contributed by atoms with Crippen molar-refractivity contribution in [3.05, 3.63) is 35.0 Å². The molecule has 1 amide bonds. The van der Waals surface area contributed by atoms with E-state index < -0.39 is 0 Å². The number of carbonyl (C=O) groups is 1. The highest BCUT2D eigenvalue weighted by atomic mass is 32.1. The lowest BCUT2D eigenvalue weighted by Crippen LogP contribution is -2.21. The first kappa shape index (κ1) is 8.01. The molecule has 58 valence electrons. The van der Waals surface area contributed by atoms with Gasteiger partial charge in [0.2, 0.25) is 0 Å². The molecule has 0 spiro atoms. The lowest BCUT2D eigenvalue weighted by atomic mass is 10.4. The molecule has 0 aliphatic carbocycles. The first-order valence-corrected chi connectivity index (χ1v) is 4.15. The van der Waals surface area contributed by atoms with E-state index in [1.165, 1.54) is 11.3 Å². The molecule has 2 nitrogen and oxygen atoms in total. The summed E-state index contributed by atoms with van der Waals surface area (Å²) in [6, 6.07) is 3.65. The Morgan fingerprint density at radius 3 is 3.18 bits per heavy atom. The second kappa shape index (κ2) is 3.93. The Kier molecular flexibility index (Phi) is 2.86. The third-order valence-corrected chi connectivity index (χ3v) is 2.02. The van der Waals surface area contributed by atoms with Crippen molar-refractivity contribution in [3.63, 3.8) is 0 Å². The highest BCUT2D eigenvalue weighted by Gasteiger charge is 2.02. The van der Waals surface area contributed by atoms with E-state index in [9.17, 15) is 4.79 Å². The van der Waals surface area contributed by atoms with Crippen LogP contribution in [0.1, 0.15) is 9.67 Å². The predicted molar refractivity (Wildman–Crippen MR) is 46.8 cm³/mol. The number of thiophene rings is 1. The highest BCUT2D eigenvalue weighted by molar-refractivity contribution is 7.12. The largest absolute Gasteiger partial charge is 0.348 e. The number of rotatable bonds is 3. The minimum absolute atomic E-state index is 0.0279. The summed E-state index contributed by atoms with van der Waals surface area (Å²) in [7, 11) is 0. The molecule has 0 saturated carbocycles. The van der Waals surface area contributed by atoms with Gasteiger partial charge in [0.15, 0.2) is 0 Å². The summed E-state index contributed by atoms with van der Waals surface area (Å²) in [5.41, 5.74) is 0. The molecule has 11 heavy (non-hydrogen) atoms. The number of hydrogen-bond acceptors (Lipinski definition) is 2. The number of amides is 1. The molecule has 0 fully saturated rings. The van der Waals surface area contributed by atoms with E-state index in [0.717, 1.165) is 4.88 Å². The molecular weight excluding hydrogens is 158 g/mol. The van der Waals surface area contributed by atoms with Crippen molar-refractivity contribution in [3.8, 4) is 0 Å². The molecule has 1 aromatic rings. The van der Waals surface area contributed by atoms with Crippen molar-refractivity contribution >= 4 is 17.2 Å². The third kappa shape index (κ3) is 2.20. The van der Waals surface area contributed by atoms with E-state index in [0.29, 0.717) is 6.54 Å². The molecule has 1 heterocycles. The molecule has 0 unspecified atom stereocenters. The molecule has 0 atom stereocenters. The normalized spacial score (nSPS) is 9.09. The Hall–Kier alpha value is -1.09. The van der Waals surface area contributed by atoms with Gasteiger partial charge in [0.05, 0.1) is 4.88 Å². The predicted octanol–water partition coefficient (Wildman–Crippen LogP) is 1.66. The summed E-state index contributed by atoms with van der Waals surface area (Å²) in [5, 5.41) is 4.57. The monoisotopic (exact) mass is 167 g/mol. The maximum Gasteiger partial charge on any atom is 0.261 e. The van der Waals surface area contributed by atoms with Crippen LogP contribution in [0.25, 0.3) is 0 Å². The average Bonchev–Trinajstić information content (AvgIpc) is 2.52. The fraction of sp³-hybridized carbons (Fsp3) is 0.125. The van der Waals surface area contributed by atoms with Gasteiger partial charge >= 0.3 is 0 Å². The molecule has 1 N–H and O–H groups in total. The third-order valence-electron chi connectivity index (χ3n) is 1.15. The Labute approximate surface area is 69.6 Å². The fourth-order valence-electron chi connectivity index (χ4n) is 0.660. The van der Waals surface area contributed by atoms with Crippen LogP contribution in [0.3, 0.4) is 0 Å². The molecular formula is C8H9NOS. The van der Waals surface area contributed by atoms with Gasteiger partial charge in [-0.3, -0.25) is 4.79 Å². The van der Waals surface area contributed by atoms with Crippen molar-refractivity contribution < 1.29 is 4.79 Å². The molecule has 0 saturated heterocycles. The standard InChI is InChI=1S/C8H9NOS/c1-2-5-9-8(10)7-4-3-6-11-7/h2-4,6H,1,5H2,(H,9,10). The minimum atomic E-state index is -0.0279. The number of carbonyl (C=O) groups excluding carboxylic acids is 1. The van der Waals surface area contributed by atoms with E-state index in [-0.39, 0.29) is 5.91 Å². The Bertz CT molecular complexity index is 241. The van der Waals surface area contributed by atoms with Crippen LogP contribution in [0.15, 0.2) is 30.2 Å². The summed E-state index contributed by atoms with van der Waals surface area (Å²) in [4.78, 5) is 11.9. The first-order valence-electron chi connectivity index (χ1n) is 3.27. The second-order valence-corrected chi connectivity index (χ2v) is 2.92. The van der Waals surface area contributed by atoms with Gasteiger partial charge in [-0.25, -0.2) is 0 Å². The lowest BCUT2D eigenvalue weighted by Gasteiger charge is -1.96. The fourth-order valence-corrected chi connectivity index (χ4v) is 1.30. The van der Waals surface area contributed by atoms with Crippen molar-refractivity contribution in [2.75, 3.05) is 6.54 Å². The maximum absolute atomic E-state index is 11.1. The van der Waals surface area contributed by atoms with Crippen LogP contribution in [0, 0.1) is 0 Å². The van der Waals surface area contributed by atoms with Crippen LogP contribution in [-0.2, 0) is 0 Å².